The van der Waals surface area contributed by atoms with Crippen LogP contribution >= 0.6 is 12.2 Å². The highest BCUT2D eigenvalue weighted by molar-refractivity contribution is 7.80. The van der Waals surface area contributed by atoms with Gasteiger partial charge in [-0.2, -0.15) is 0 Å². The number of hydrogen-bond donors (Lipinski definition) is 2. The first-order valence-corrected chi connectivity index (χ1v) is 6.51. The molecular weight excluding hydrogens is 274 g/mol. The molecule has 1 heterocycles. The maximum absolute atomic E-state index is 11.7. The third kappa shape index (κ3) is 2.88. The first-order chi connectivity index (χ1) is 9.55. The van der Waals surface area contributed by atoms with E-state index in [1.165, 1.54) is 7.11 Å². The van der Waals surface area contributed by atoms with Crippen LogP contribution in [0.1, 0.15) is 17.5 Å². The van der Waals surface area contributed by atoms with Gasteiger partial charge in [-0.25, -0.2) is 0 Å². The third-order valence-electron chi connectivity index (χ3n) is 3.00. The van der Waals surface area contributed by atoms with E-state index in [0.29, 0.717) is 34.7 Å². The van der Waals surface area contributed by atoms with Crippen LogP contribution < -0.4 is 10.1 Å². The Bertz CT molecular complexity index is 620. The standard InChI is InChI=1S/C15H15NO3S/c1-3-4-10-5-9(7-12(19-2)14(10)17)6-11-8-13(20)16-15(11)18/h3,5-7,17H,1,4,8H2,2H3,(H,16,18,20)/b11-6-. The number of nitrogens with one attached hydrogen (secondary N) is 1. The van der Waals surface area contributed by atoms with Gasteiger partial charge in [0.1, 0.15) is 0 Å². The van der Waals surface area contributed by atoms with Gasteiger partial charge in [0, 0.05) is 17.6 Å². The molecule has 4 nitrogen and oxygen atoms in total. The summed E-state index contributed by atoms with van der Waals surface area (Å²) in [5.74, 6) is 0.297. The van der Waals surface area contributed by atoms with E-state index in [1.54, 1.807) is 24.3 Å². The molecule has 0 radical (unpaired) electrons. The van der Waals surface area contributed by atoms with Crippen molar-refractivity contribution in [2.75, 3.05) is 7.11 Å². The molecule has 5 heteroatoms. The molecule has 0 atom stereocenters. The van der Waals surface area contributed by atoms with Gasteiger partial charge >= 0.3 is 0 Å². The Kier molecular flexibility index (Phi) is 4.20. The van der Waals surface area contributed by atoms with E-state index in [4.69, 9.17) is 17.0 Å². The summed E-state index contributed by atoms with van der Waals surface area (Å²) >= 11 is 4.98. The van der Waals surface area contributed by atoms with E-state index in [-0.39, 0.29) is 11.7 Å². The monoisotopic (exact) mass is 289 g/mol. The molecule has 1 aromatic carbocycles. The summed E-state index contributed by atoms with van der Waals surface area (Å²) in [6.45, 7) is 3.66. The van der Waals surface area contributed by atoms with Crippen LogP contribution in [0.3, 0.4) is 0 Å². The number of phenolic OH excluding ortho intramolecular Hbond substituents is 1. The summed E-state index contributed by atoms with van der Waals surface area (Å²) in [6.07, 6.45) is 4.41. The lowest BCUT2D eigenvalue weighted by Crippen LogP contribution is -2.17. The topological polar surface area (TPSA) is 58.6 Å². The number of ether oxygens (including phenoxy) is 1. The van der Waals surface area contributed by atoms with Gasteiger partial charge in [0.25, 0.3) is 5.91 Å². The number of rotatable bonds is 4. The van der Waals surface area contributed by atoms with Crippen LogP contribution in [0, 0.1) is 0 Å². The van der Waals surface area contributed by atoms with E-state index >= 15 is 0 Å². The molecule has 1 aliphatic heterocycles. The maximum Gasteiger partial charge on any atom is 0.252 e. The molecule has 0 aliphatic carbocycles. The number of methoxy groups -OCH3 is 1. The van der Waals surface area contributed by atoms with Crippen molar-refractivity contribution in [2.24, 2.45) is 0 Å². The summed E-state index contributed by atoms with van der Waals surface area (Å²) < 4.78 is 5.15. The predicted octanol–water partition coefficient (Wildman–Crippen LogP) is 2.36. The Hall–Kier alpha value is -2.14. The summed E-state index contributed by atoms with van der Waals surface area (Å²) in [5, 5.41) is 12.6. The van der Waals surface area contributed by atoms with Gasteiger partial charge in [-0.05, 0) is 30.2 Å². The number of phenols is 1. The Morgan fingerprint density at radius 1 is 1.55 bits per heavy atom. The molecule has 0 aromatic heterocycles. The highest BCUT2D eigenvalue weighted by Gasteiger charge is 2.21. The van der Waals surface area contributed by atoms with Gasteiger partial charge in [-0.3, -0.25) is 4.79 Å². The number of amides is 1. The molecule has 2 N–H and O–H groups in total. The zero-order chi connectivity index (χ0) is 14.7. The van der Waals surface area contributed by atoms with E-state index in [9.17, 15) is 9.90 Å². The SMILES string of the molecule is C=CCc1cc(/C=C2/CC(=S)NC2=O)cc(OC)c1O. The lowest BCUT2D eigenvalue weighted by atomic mass is 10.0. The lowest BCUT2D eigenvalue weighted by Gasteiger charge is -2.09. The second-order valence-electron chi connectivity index (χ2n) is 4.45. The fourth-order valence-corrected chi connectivity index (χ4v) is 2.31. The Morgan fingerprint density at radius 3 is 2.85 bits per heavy atom. The van der Waals surface area contributed by atoms with Crippen molar-refractivity contribution < 1.29 is 14.6 Å². The van der Waals surface area contributed by atoms with Crippen LogP contribution in [-0.4, -0.2) is 23.1 Å². The van der Waals surface area contributed by atoms with Gasteiger partial charge in [0.2, 0.25) is 0 Å². The summed E-state index contributed by atoms with van der Waals surface area (Å²) in [6, 6.07) is 3.49. The average molecular weight is 289 g/mol. The van der Waals surface area contributed by atoms with E-state index in [2.05, 4.69) is 11.9 Å². The molecule has 104 valence electrons. The highest BCUT2D eigenvalue weighted by Crippen LogP contribution is 2.33. The minimum absolute atomic E-state index is 0.0981. The van der Waals surface area contributed by atoms with Crippen LogP contribution in [-0.2, 0) is 11.2 Å². The smallest absolute Gasteiger partial charge is 0.252 e. The second kappa shape index (κ2) is 5.88. The van der Waals surface area contributed by atoms with Gasteiger partial charge < -0.3 is 15.2 Å². The van der Waals surface area contributed by atoms with Crippen molar-refractivity contribution in [2.45, 2.75) is 12.8 Å². The number of benzene rings is 1. The second-order valence-corrected chi connectivity index (χ2v) is 4.94. The van der Waals surface area contributed by atoms with Crippen molar-refractivity contribution in [3.05, 3.63) is 41.5 Å². The third-order valence-corrected chi connectivity index (χ3v) is 3.24. The first kappa shape index (κ1) is 14.3. The molecule has 1 fully saturated rings. The minimum Gasteiger partial charge on any atom is -0.504 e. The molecule has 20 heavy (non-hydrogen) atoms. The molecule has 0 bridgehead atoms. The summed E-state index contributed by atoms with van der Waals surface area (Å²) in [7, 11) is 1.49. The lowest BCUT2D eigenvalue weighted by molar-refractivity contribution is -0.115. The molecule has 0 unspecified atom stereocenters. The van der Waals surface area contributed by atoms with Gasteiger partial charge in [0.15, 0.2) is 11.5 Å². The number of thiocarbonyl (C=S) groups is 1. The van der Waals surface area contributed by atoms with Crippen LogP contribution in [0.25, 0.3) is 6.08 Å². The van der Waals surface area contributed by atoms with Crippen molar-refractivity contribution in [3.8, 4) is 11.5 Å². The van der Waals surface area contributed by atoms with Crippen LogP contribution in [0.2, 0.25) is 0 Å². The van der Waals surface area contributed by atoms with Crippen molar-refractivity contribution in [1.82, 2.24) is 5.32 Å². The zero-order valence-corrected chi connectivity index (χ0v) is 11.9. The fourth-order valence-electron chi connectivity index (χ4n) is 2.06. The number of hydrogen-bond acceptors (Lipinski definition) is 4. The zero-order valence-electron chi connectivity index (χ0n) is 11.1. The van der Waals surface area contributed by atoms with E-state index < -0.39 is 0 Å². The molecule has 1 amide bonds. The maximum atomic E-state index is 11.7. The Balaban J connectivity index is 2.44. The number of carbonyl (C=O) groups is 1. The number of carbonyl (C=O) groups excluding carboxylic acids is 1. The molecular formula is C15H15NO3S. The van der Waals surface area contributed by atoms with Gasteiger partial charge in [0.05, 0.1) is 12.1 Å². The molecule has 0 spiro atoms. The molecule has 1 saturated heterocycles. The highest BCUT2D eigenvalue weighted by atomic mass is 32.1. The van der Waals surface area contributed by atoms with Crippen LogP contribution in [0.4, 0.5) is 0 Å². The van der Waals surface area contributed by atoms with Crippen molar-refractivity contribution in [3.63, 3.8) is 0 Å². The molecule has 2 rings (SSSR count). The van der Waals surface area contributed by atoms with Crippen molar-refractivity contribution >= 4 is 29.2 Å². The quantitative estimate of drug-likeness (QED) is 0.507. The Morgan fingerprint density at radius 2 is 2.30 bits per heavy atom. The average Bonchev–Trinajstić information content (AvgIpc) is 2.71. The minimum atomic E-state index is -0.174. The Labute approximate surface area is 122 Å². The fraction of sp³-hybridized carbons (Fsp3) is 0.200. The summed E-state index contributed by atoms with van der Waals surface area (Å²) in [4.78, 5) is 12.2. The number of allylic oxidation sites excluding steroid dienone is 1. The van der Waals surface area contributed by atoms with Gasteiger partial charge in [-0.15, -0.1) is 6.58 Å². The largest absolute Gasteiger partial charge is 0.504 e. The van der Waals surface area contributed by atoms with Crippen LogP contribution in [0.15, 0.2) is 30.4 Å². The molecule has 1 aromatic rings. The molecule has 0 saturated carbocycles. The van der Waals surface area contributed by atoms with Gasteiger partial charge in [-0.1, -0.05) is 18.3 Å². The summed E-state index contributed by atoms with van der Waals surface area (Å²) in [5.41, 5.74) is 2.09. The normalized spacial score (nSPS) is 16.4. The molecule has 1 aliphatic rings. The van der Waals surface area contributed by atoms with E-state index in [0.717, 1.165) is 5.56 Å². The predicted molar refractivity (Wildman–Crippen MR) is 81.9 cm³/mol. The van der Waals surface area contributed by atoms with E-state index in [1.807, 2.05) is 0 Å². The van der Waals surface area contributed by atoms with Crippen molar-refractivity contribution in [1.29, 1.82) is 0 Å². The van der Waals surface area contributed by atoms with Crippen LogP contribution in [0.5, 0.6) is 11.5 Å². The first-order valence-electron chi connectivity index (χ1n) is 6.10. The number of aromatic hydroxyl groups is 1.